The van der Waals surface area contributed by atoms with E-state index in [1.165, 1.54) is 4.90 Å². The third-order valence-corrected chi connectivity index (χ3v) is 2.21. The van der Waals surface area contributed by atoms with E-state index in [0.717, 1.165) is 0 Å². The van der Waals surface area contributed by atoms with Gasteiger partial charge in [-0.2, -0.15) is 0 Å². The maximum atomic E-state index is 11.4. The molecule has 0 saturated heterocycles. The van der Waals surface area contributed by atoms with Gasteiger partial charge in [0.15, 0.2) is 0 Å². The Morgan fingerprint density at radius 3 is 2.38 bits per heavy atom. The molecule has 94 valence electrons. The van der Waals surface area contributed by atoms with Crippen LogP contribution in [0.2, 0.25) is 0 Å². The van der Waals surface area contributed by atoms with Gasteiger partial charge in [-0.25, -0.2) is 0 Å². The van der Waals surface area contributed by atoms with Crippen molar-refractivity contribution in [2.45, 2.75) is 32.7 Å². The van der Waals surface area contributed by atoms with Crippen LogP contribution in [0.5, 0.6) is 0 Å². The Bertz CT molecular complexity index is 229. The van der Waals surface area contributed by atoms with E-state index in [0.29, 0.717) is 26.0 Å². The Balaban J connectivity index is 3.88. The number of nitrogens with one attached hydrogen (secondary N) is 1. The lowest BCUT2D eigenvalue weighted by atomic mass is 10.2. The van der Waals surface area contributed by atoms with Crippen molar-refractivity contribution in [2.24, 2.45) is 0 Å². The van der Waals surface area contributed by atoms with Crippen LogP contribution in [-0.2, 0) is 14.3 Å². The van der Waals surface area contributed by atoms with Crippen molar-refractivity contribution in [3.8, 4) is 0 Å². The van der Waals surface area contributed by atoms with Gasteiger partial charge < -0.3 is 15.0 Å². The Kier molecular flexibility index (Phi) is 7.54. The summed E-state index contributed by atoms with van der Waals surface area (Å²) in [6, 6.07) is -0.310. The second kappa shape index (κ2) is 8.10. The smallest absolute Gasteiger partial charge is 0.323 e. The van der Waals surface area contributed by atoms with Gasteiger partial charge in [-0.15, -0.1) is 0 Å². The highest BCUT2D eigenvalue weighted by Crippen LogP contribution is 1.96. The predicted octanol–water partition coefficient (Wildman–Crippen LogP) is 0.396. The minimum Gasteiger partial charge on any atom is -0.465 e. The number of hydrogen-bond acceptors (Lipinski definition) is 4. The van der Waals surface area contributed by atoms with Gasteiger partial charge in [-0.3, -0.25) is 9.59 Å². The van der Waals surface area contributed by atoms with Crippen LogP contribution in [-0.4, -0.2) is 50.1 Å². The third-order valence-electron chi connectivity index (χ3n) is 2.21. The van der Waals surface area contributed by atoms with Crippen LogP contribution in [0.15, 0.2) is 0 Å². The normalized spacial score (nSPS) is 12.0. The summed E-state index contributed by atoms with van der Waals surface area (Å²) < 4.78 is 4.90. The number of rotatable bonds is 7. The molecule has 0 aliphatic rings. The zero-order chi connectivity index (χ0) is 12.6. The molecule has 0 aliphatic heterocycles. The number of hydrogen-bond donors (Lipinski definition) is 1. The fourth-order valence-corrected chi connectivity index (χ4v) is 1.21. The molecule has 0 rings (SSSR count). The summed E-state index contributed by atoms with van der Waals surface area (Å²) in [4.78, 5) is 24.2. The molecule has 0 bridgehead atoms. The van der Waals surface area contributed by atoms with Crippen LogP contribution in [0, 0.1) is 0 Å². The van der Waals surface area contributed by atoms with Gasteiger partial charge in [-0.05, 0) is 13.3 Å². The van der Waals surface area contributed by atoms with Crippen molar-refractivity contribution >= 4 is 11.9 Å². The maximum absolute atomic E-state index is 11.4. The summed E-state index contributed by atoms with van der Waals surface area (Å²) in [5.41, 5.74) is 0. The molecule has 16 heavy (non-hydrogen) atoms. The van der Waals surface area contributed by atoms with E-state index in [-0.39, 0.29) is 17.9 Å². The zero-order valence-corrected chi connectivity index (χ0v) is 10.6. The molecule has 0 aromatic heterocycles. The molecule has 0 aromatic rings. The fourth-order valence-electron chi connectivity index (χ4n) is 1.21. The Hall–Kier alpha value is -1.10. The first kappa shape index (κ1) is 14.9. The molecule has 0 saturated carbocycles. The van der Waals surface area contributed by atoms with Crippen LogP contribution >= 0.6 is 0 Å². The third kappa shape index (κ3) is 5.70. The molecule has 0 fully saturated rings. The number of carbonyl (C=O) groups is 2. The molecule has 1 N–H and O–H groups in total. The molecular formula is C11H22N2O3. The van der Waals surface area contributed by atoms with Gasteiger partial charge in [-0.1, -0.05) is 6.92 Å². The minimum atomic E-state index is -0.310. The summed E-state index contributed by atoms with van der Waals surface area (Å²) in [6.07, 6.45) is 1.05. The Morgan fingerprint density at radius 1 is 1.31 bits per heavy atom. The van der Waals surface area contributed by atoms with Crippen molar-refractivity contribution in [1.82, 2.24) is 10.2 Å². The van der Waals surface area contributed by atoms with Crippen LogP contribution in [0.4, 0.5) is 0 Å². The number of amides is 1. The van der Waals surface area contributed by atoms with Crippen molar-refractivity contribution in [3.05, 3.63) is 0 Å². The molecule has 0 radical (unpaired) electrons. The molecule has 1 unspecified atom stereocenters. The maximum Gasteiger partial charge on any atom is 0.323 e. The molecule has 5 heteroatoms. The number of esters is 1. The lowest BCUT2D eigenvalue weighted by Gasteiger charge is -2.16. The fraction of sp³-hybridized carbons (Fsp3) is 0.818. The van der Waals surface area contributed by atoms with E-state index in [9.17, 15) is 9.59 Å². The molecular weight excluding hydrogens is 208 g/mol. The lowest BCUT2D eigenvalue weighted by molar-refractivity contribution is -0.146. The van der Waals surface area contributed by atoms with E-state index in [4.69, 9.17) is 4.74 Å². The zero-order valence-electron chi connectivity index (χ0n) is 10.6. The summed E-state index contributed by atoms with van der Waals surface area (Å²) in [5.74, 6) is -0.200. The van der Waals surface area contributed by atoms with E-state index >= 15 is 0 Å². The summed E-state index contributed by atoms with van der Waals surface area (Å²) >= 11 is 0. The lowest BCUT2D eigenvalue weighted by Crippen LogP contribution is -2.39. The van der Waals surface area contributed by atoms with Crippen molar-refractivity contribution in [3.63, 3.8) is 0 Å². The molecule has 1 amide bonds. The van der Waals surface area contributed by atoms with Crippen LogP contribution in [0.1, 0.15) is 26.7 Å². The summed E-state index contributed by atoms with van der Waals surface area (Å²) in [6.45, 7) is 4.56. The Labute approximate surface area is 97.1 Å². The van der Waals surface area contributed by atoms with Crippen LogP contribution < -0.4 is 5.32 Å². The van der Waals surface area contributed by atoms with E-state index in [1.807, 2.05) is 6.92 Å². The molecule has 5 nitrogen and oxygen atoms in total. The van der Waals surface area contributed by atoms with Crippen LogP contribution in [0.3, 0.4) is 0 Å². The van der Waals surface area contributed by atoms with Gasteiger partial charge in [0.1, 0.15) is 6.04 Å². The van der Waals surface area contributed by atoms with Crippen molar-refractivity contribution in [2.75, 3.05) is 27.2 Å². The Morgan fingerprint density at radius 2 is 1.94 bits per heavy atom. The van der Waals surface area contributed by atoms with E-state index in [1.54, 1.807) is 21.0 Å². The number of nitrogens with zero attached hydrogens (tertiary/aromatic N) is 1. The highest BCUT2D eigenvalue weighted by atomic mass is 16.5. The summed E-state index contributed by atoms with van der Waals surface area (Å²) in [5, 5.41) is 3.02. The average Bonchev–Trinajstić information content (AvgIpc) is 2.24. The number of ether oxygens (including phenoxy) is 1. The largest absolute Gasteiger partial charge is 0.465 e. The highest BCUT2D eigenvalue weighted by Gasteiger charge is 2.16. The van der Waals surface area contributed by atoms with Crippen molar-refractivity contribution in [1.29, 1.82) is 0 Å². The second-order valence-electron chi connectivity index (χ2n) is 3.71. The quantitative estimate of drug-likeness (QED) is 0.643. The number of carbonyl (C=O) groups excluding carboxylic acids is 2. The van der Waals surface area contributed by atoms with Crippen molar-refractivity contribution < 1.29 is 14.3 Å². The minimum absolute atomic E-state index is 0.0474. The van der Waals surface area contributed by atoms with Crippen LogP contribution in [0.25, 0.3) is 0 Å². The molecule has 0 aliphatic carbocycles. The highest BCUT2D eigenvalue weighted by molar-refractivity contribution is 5.77. The second-order valence-corrected chi connectivity index (χ2v) is 3.71. The van der Waals surface area contributed by atoms with E-state index in [2.05, 4.69) is 5.32 Å². The van der Waals surface area contributed by atoms with Gasteiger partial charge in [0.2, 0.25) is 5.91 Å². The van der Waals surface area contributed by atoms with Gasteiger partial charge in [0, 0.05) is 27.1 Å². The predicted molar refractivity (Wildman–Crippen MR) is 62.0 cm³/mol. The topological polar surface area (TPSA) is 58.6 Å². The molecule has 0 spiro atoms. The molecule has 1 atom stereocenters. The first-order chi connectivity index (χ1) is 7.52. The standard InChI is InChI=1S/C11H22N2O3/c1-5-9(11(15)16-6-2)12-8-7-10(14)13(3)4/h9,12H,5-8H2,1-4H3. The molecule has 0 heterocycles. The van der Waals surface area contributed by atoms with Gasteiger partial charge >= 0.3 is 5.97 Å². The van der Waals surface area contributed by atoms with Gasteiger partial charge in [0.05, 0.1) is 6.61 Å². The average molecular weight is 230 g/mol. The first-order valence-electron chi connectivity index (χ1n) is 5.63. The first-order valence-corrected chi connectivity index (χ1v) is 5.63. The summed E-state index contributed by atoms with van der Waals surface area (Å²) in [7, 11) is 3.43. The SMILES string of the molecule is CCOC(=O)C(CC)NCCC(=O)N(C)C. The molecule has 0 aromatic carbocycles. The monoisotopic (exact) mass is 230 g/mol. The van der Waals surface area contributed by atoms with E-state index < -0.39 is 0 Å². The van der Waals surface area contributed by atoms with Gasteiger partial charge in [0.25, 0.3) is 0 Å².